The molecule has 0 unspecified atom stereocenters. The van der Waals surface area contributed by atoms with Gasteiger partial charge in [-0.3, -0.25) is 9.59 Å². The molecule has 0 heterocycles. The Bertz CT molecular complexity index is 719. The predicted octanol–water partition coefficient (Wildman–Crippen LogP) is 5.30. The van der Waals surface area contributed by atoms with Crippen LogP contribution in [0.25, 0.3) is 0 Å². The number of nitrogens with one attached hydrogen (secondary N) is 1. The summed E-state index contributed by atoms with van der Waals surface area (Å²) in [6, 6.07) is 14.4. The van der Waals surface area contributed by atoms with Crippen LogP contribution in [0.4, 0.5) is 5.69 Å². The Morgan fingerprint density at radius 3 is 2.12 bits per heavy atom. The smallest absolute Gasteiger partial charge is 0.229 e. The molecule has 3 nitrogen and oxygen atoms in total. The van der Waals surface area contributed by atoms with E-state index in [0.717, 1.165) is 4.90 Å². The molecule has 0 atom stereocenters. The van der Waals surface area contributed by atoms with E-state index < -0.39 is 5.41 Å². The average molecular weight is 362 g/mol. The molecule has 0 saturated heterocycles. The van der Waals surface area contributed by atoms with Crippen molar-refractivity contribution in [3.05, 3.63) is 59.1 Å². The Morgan fingerprint density at radius 2 is 1.58 bits per heavy atom. The van der Waals surface area contributed by atoms with Crippen molar-refractivity contribution in [1.29, 1.82) is 0 Å². The van der Waals surface area contributed by atoms with Crippen LogP contribution in [-0.4, -0.2) is 17.4 Å². The van der Waals surface area contributed by atoms with Gasteiger partial charge in [-0.1, -0.05) is 32.4 Å². The number of Topliss-reactive ketones (excluding diaryl/α,β-unsaturated/α-hetero) is 1. The van der Waals surface area contributed by atoms with E-state index in [1.807, 2.05) is 32.9 Å². The third kappa shape index (κ3) is 5.39. The van der Waals surface area contributed by atoms with Gasteiger partial charge < -0.3 is 5.32 Å². The molecular formula is C19H20ClNO2S. The monoisotopic (exact) mass is 361 g/mol. The zero-order chi connectivity index (χ0) is 17.7. The Morgan fingerprint density at radius 1 is 1.00 bits per heavy atom. The molecule has 2 rings (SSSR count). The molecule has 0 aliphatic rings. The summed E-state index contributed by atoms with van der Waals surface area (Å²) in [6.45, 7) is 5.57. The SMILES string of the molecule is CC(C)(C)C(=O)Nc1ccc(C(=O)CSc2ccc(Cl)cc2)cc1. The standard InChI is InChI=1S/C19H20ClNO2S/c1-19(2,3)18(23)21-15-8-4-13(5-9-15)17(22)12-24-16-10-6-14(20)7-11-16/h4-11H,12H2,1-3H3,(H,21,23). The first-order valence-electron chi connectivity index (χ1n) is 7.59. The number of hydrogen-bond acceptors (Lipinski definition) is 3. The number of thioether (sulfide) groups is 1. The molecule has 1 N–H and O–H groups in total. The fourth-order valence-corrected chi connectivity index (χ4v) is 2.74. The van der Waals surface area contributed by atoms with Gasteiger partial charge in [-0.15, -0.1) is 11.8 Å². The van der Waals surface area contributed by atoms with Crippen LogP contribution >= 0.6 is 23.4 Å². The quantitative estimate of drug-likeness (QED) is 0.580. The van der Waals surface area contributed by atoms with Crippen LogP contribution in [0.5, 0.6) is 0 Å². The van der Waals surface area contributed by atoms with E-state index in [1.54, 1.807) is 36.4 Å². The van der Waals surface area contributed by atoms with Crippen LogP contribution in [0, 0.1) is 5.41 Å². The number of hydrogen-bond donors (Lipinski definition) is 1. The molecule has 2 aromatic rings. The number of rotatable bonds is 5. The van der Waals surface area contributed by atoms with Crippen molar-refractivity contribution in [3.8, 4) is 0 Å². The molecule has 2 aromatic carbocycles. The summed E-state index contributed by atoms with van der Waals surface area (Å²) >= 11 is 7.32. The van der Waals surface area contributed by atoms with Crippen molar-refractivity contribution < 1.29 is 9.59 Å². The van der Waals surface area contributed by atoms with Crippen molar-refractivity contribution >= 4 is 40.7 Å². The van der Waals surface area contributed by atoms with Gasteiger partial charge in [-0.25, -0.2) is 0 Å². The van der Waals surface area contributed by atoms with Gasteiger partial charge in [0.05, 0.1) is 5.75 Å². The fourth-order valence-electron chi connectivity index (χ4n) is 1.82. The fraction of sp³-hybridized carbons (Fsp3) is 0.263. The Labute approximate surface area is 151 Å². The van der Waals surface area contributed by atoms with Gasteiger partial charge in [-0.05, 0) is 48.5 Å². The maximum Gasteiger partial charge on any atom is 0.229 e. The molecule has 0 bridgehead atoms. The van der Waals surface area contributed by atoms with Crippen molar-refractivity contribution in [2.75, 3.05) is 11.1 Å². The molecule has 0 fully saturated rings. The van der Waals surface area contributed by atoms with Gasteiger partial charge in [0.1, 0.15) is 0 Å². The molecule has 24 heavy (non-hydrogen) atoms. The first kappa shape index (κ1) is 18.6. The summed E-state index contributed by atoms with van der Waals surface area (Å²) < 4.78 is 0. The average Bonchev–Trinajstić information content (AvgIpc) is 2.54. The van der Waals surface area contributed by atoms with Crippen LogP contribution in [0.1, 0.15) is 31.1 Å². The highest BCUT2D eigenvalue weighted by molar-refractivity contribution is 8.00. The number of carbonyl (C=O) groups is 2. The minimum absolute atomic E-state index is 0.0450. The Balaban J connectivity index is 1.93. The molecule has 0 aliphatic heterocycles. The summed E-state index contributed by atoms with van der Waals surface area (Å²) in [5, 5.41) is 3.52. The van der Waals surface area contributed by atoms with Gasteiger partial charge in [0.25, 0.3) is 0 Å². The van der Waals surface area contributed by atoms with Crippen molar-refractivity contribution in [2.45, 2.75) is 25.7 Å². The third-order valence-corrected chi connectivity index (χ3v) is 4.59. The van der Waals surface area contributed by atoms with Crippen LogP contribution in [0.15, 0.2) is 53.4 Å². The summed E-state index contributed by atoms with van der Waals surface area (Å²) in [7, 11) is 0. The summed E-state index contributed by atoms with van der Waals surface area (Å²) in [4.78, 5) is 25.2. The number of ketones is 1. The summed E-state index contributed by atoms with van der Waals surface area (Å²) in [5.74, 6) is 0.346. The predicted molar refractivity (Wildman–Crippen MR) is 101 cm³/mol. The van der Waals surface area contributed by atoms with Crippen LogP contribution in [0.3, 0.4) is 0 Å². The zero-order valence-corrected chi connectivity index (χ0v) is 15.5. The maximum absolute atomic E-state index is 12.2. The molecule has 1 amide bonds. The largest absolute Gasteiger partial charge is 0.326 e. The van der Waals surface area contributed by atoms with E-state index in [-0.39, 0.29) is 11.7 Å². The maximum atomic E-state index is 12.2. The first-order chi connectivity index (χ1) is 11.3. The number of anilines is 1. The van der Waals surface area contributed by atoms with E-state index >= 15 is 0 Å². The molecule has 0 aliphatic carbocycles. The zero-order valence-electron chi connectivity index (χ0n) is 13.9. The van der Waals surface area contributed by atoms with Gasteiger partial charge in [0, 0.05) is 26.6 Å². The molecule has 126 valence electrons. The second-order valence-corrected chi connectivity index (χ2v) is 7.93. The highest BCUT2D eigenvalue weighted by Gasteiger charge is 2.21. The van der Waals surface area contributed by atoms with Crippen molar-refractivity contribution in [3.63, 3.8) is 0 Å². The lowest BCUT2D eigenvalue weighted by atomic mass is 9.95. The van der Waals surface area contributed by atoms with E-state index in [0.29, 0.717) is 22.0 Å². The lowest BCUT2D eigenvalue weighted by molar-refractivity contribution is -0.123. The number of carbonyl (C=O) groups excluding carboxylic acids is 2. The molecule has 5 heteroatoms. The minimum Gasteiger partial charge on any atom is -0.326 e. The topological polar surface area (TPSA) is 46.2 Å². The second-order valence-electron chi connectivity index (χ2n) is 6.45. The van der Waals surface area contributed by atoms with E-state index in [1.165, 1.54) is 11.8 Å². The third-order valence-electron chi connectivity index (χ3n) is 3.33. The van der Waals surface area contributed by atoms with Crippen molar-refractivity contribution in [2.24, 2.45) is 5.41 Å². The van der Waals surface area contributed by atoms with Gasteiger partial charge in [0.15, 0.2) is 5.78 Å². The van der Waals surface area contributed by atoms with E-state index in [4.69, 9.17) is 11.6 Å². The summed E-state index contributed by atoms with van der Waals surface area (Å²) in [6.07, 6.45) is 0. The summed E-state index contributed by atoms with van der Waals surface area (Å²) in [5.41, 5.74) is 0.867. The molecule has 0 aromatic heterocycles. The molecule has 0 radical (unpaired) electrons. The highest BCUT2D eigenvalue weighted by atomic mass is 35.5. The number of amides is 1. The van der Waals surface area contributed by atoms with Gasteiger partial charge in [-0.2, -0.15) is 0 Å². The lowest BCUT2D eigenvalue weighted by Gasteiger charge is -2.17. The Hall–Kier alpha value is -1.78. The van der Waals surface area contributed by atoms with Crippen LogP contribution in [-0.2, 0) is 4.79 Å². The lowest BCUT2D eigenvalue weighted by Crippen LogP contribution is -2.27. The van der Waals surface area contributed by atoms with Crippen molar-refractivity contribution in [1.82, 2.24) is 0 Å². The normalized spacial score (nSPS) is 11.2. The van der Waals surface area contributed by atoms with Crippen LogP contribution in [0.2, 0.25) is 5.02 Å². The van der Waals surface area contributed by atoms with Gasteiger partial charge >= 0.3 is 0 Å². The van der Waals surface area contributed by atoms with E-state index in [9.17, 15) is 9.59 Å². The Kier molecular flexibility index (Phi) is 6.08. The van der Waals surface area contributed by atoms with Gasteiger partial charge in [0.2, 0.25) is 5.91 Å². The minimum atomic E-state index is -0.455. The molecule has 0 spiro atoms. The molecule has 0 saturated carbocycles. The number of halogens is 1. The molecular weight excluding hydrogens is 342 g/mol. The second kappa shape index (κ2) is 7.86. The highest BCUT2D eigenvalue weighted by Crippen LogP contribution is 2.22. The first-order valence-corrected chi connectivity index (χ1v) is 8.95. The number of benzene rings is 2. The van der Waals surface area contributed by atoms with E-state index in [2.05, 4.69) is 5.32 Å². The van der Waals surface area contributed by atoms with Crippen LogP contribution < -0.4 is 5.32 Å².